The van der Waals surface area contributed by atoms with Crippen molar-refractivity contribution in [3.8, 4) is 22.6 Å². The largest absolute Gasteiger partial charge is 0.343 e. The van der Waals surface area contributed by atoms with Gasteiger partial charge in [-0.15, -0.1) is 5.10 Å². The summed E-state index contributed by atoms with van der Waals surface area (Å²) in [5, 5.41) is 13.7. The van der Waals surface area contributed by atoms with Gasteiger partial charge >= 0.3 is 0 Å². The molecule has 3 aromatic heterocycles. The van der Waals surface area contributed by atoms with Gasteiger partial charge in [-0.2, -0.15) is 5.10 Å². The van der Waals surface area contributed by atoms with Crippen molar-refractivity contribution in [2.24, 2.45) is 7.05 Å². The van der Waals surface area contributed by atoms with Crippen molar-refractivity contribution in [3.05, 3.63) is 65.9 Å². The van der Waals surface area contributed by atoms with Gasteiger partial charge in [-0.1, -0.05) is 17.3 Å². The molecule has 0 aliphatic rings. The Hall–Kier alpha value is -4.00. The first-order valence-electron chi connectivity index (χ1n) is 9.49. The number of fused-ring (bicyclic) bond motifs is 1. The van der Waals surface area contributed by atoms with E-state index in [2.05, 4.69) is 30.5 Å². The van der Waals surface area contributed by atoms with Crippen LogP contribution in [0.15, 0.2) is 47.9 Å². The number of halogens is 3. The SMILES string of the molecule is Cn1cc(S(=O)(=O)Cc2ccc(F)c(-c3ccc4c(-c5ncc[nH]5)[nH]nc4c3F)c2F)nn1. The van der Waals surface area contributed by atoms with Crippen LogP contribution in [0.5, 0.6) is 0 Å². The molecule has 2 N–H and O–H groups in total. The summed E-state index contributed by atoms with van der Waals surface area (Å²) in [5.74, 6) is -3.60. The van der Waals surface area contributed by atoms with Crippen LogP contribution in [0, 0.1) is 17.5 Å². The average Bonchev–Trinajstić information content (AvgIpc) is 3.52. The van der Waals surface area contributed by atoms with Gasteiger partial charge in [0.1, 0.15) is 22.8 Å². The molecule has 9 nitrogen and oxygen atoms in total. The van der Waals surface area contributed by atoms with Gasteiger partial charge in [0.2, 0.25) is 9.84 Å². The van der Waals surface area contributed by atoms with Crippen molar-refractivity contribution in [1.82, 2.24) is 35.2 Å². The van der Waals surface area contributed by atoms with Crippen molar-refractivity contribution < 1.29 is 21.6 Å². The number of nitrogens with one attached hydrogen (secondary N) is 2. The molecule has 0 radical (unpaired) electrons. The molecule has 0 saturated heterocycles. The minimum absolute atomic E-state index is 0.143. The number of H-pyrrole nitrogens is 2. The third-order valence-electron chi connectivity index (χ3n) is 5.09. The lowest BCUT2D eigenvalue weighted by Crippen LogP contribution is -2.08. The lowest BCUT2D eigenvalue weighted by molar-refractivity contribution is 0.569. The number of imidazole rings is 1. The Morgan fingerprint density at radius 2 is 1.91 bits per heavy atom. The highest BCUT2D eigenvalue weighted by atomic mass is 32.2. The molecule has 33 heavy (non-hydrogen) atoms. The average molecular weight is 473 g/mol. The molecule has 0 spiro atoms. The molecule has 5 rings (SSSR count). The molecule has 0 atom stereocenters. The highest BCUT2D eigenvalue weighted by Crippen LogP contribution is 2.35. The van der Waals surface area contributed by atoms with Crippen LogP contribution in [0.4, 0.5) is 13.2 Å². The normalized spacial score (nSPS) is 12.0. The number of hydrogen-bond acceptors (Lipinski definition) is 6. The zero-order valence-corrected chi connectivity index (χ0v) is 17.7. The van der Waals surface area contributed by atoms with Gasteiger partial charge in [0.15, 0.2) is 16.7 Å². The quantitative estimate of drug-likeness (QED) is 0.404. The summed E-state index contributed by atoms with van der Waals surface area (Å²) in [5.41, 5.74) is -1.16. The second-order valence-corrected chi connectivity index (χ2v) is 9.18. The molecule has 3 heterocycles. The molecule has 5 aromatic rings. The summed E-state index contributed by atoms with van der Waals surface area (Å²) in [6, 6.07) is 4.56. The Bertz CT molecular complexity index is 1610. The van der Waals surface area contributed by atoms with Crippen molar-refractivity contribution in [2.45, 2.75) is 10.8 Å². The molecule has 0 saturated carbocycles. The molecule has 0 unspecified atom stereocenters. The molecule has 2 aromatic carbocycles. The predicted molar refractivity (Wildman–Crippen MR) is 111 cm³/mol. The van der Waals surface area contributed by atoms with Gasteiger partial charge < -0.3 is 4.98 Å². The first-order valence-corrected chi connectivity index (χ1v) is 11.1. The number of aromatic amines is 2. The van der Waals surface area contributed by atoms with Crippen LogP contribution in [0.2, 0.25) is 0 Å². The van der Waals surface area contributed by atoms with Crippen molar-refractivity contribution in [3.63, 3.8) is 0 Å². The maximum absolute atomic E-state index is 15.3. The van der Waals surface area contributed by atoms with Crippen LogP contribution in [0.3, 0.4) is 0 Å². The van der Waals surface area contributed by atoms with Crippen molar-refractivity contribution in [1.29, 1.82) is 0 Å². The third kappa shape index (κ3) is 3.46. The van der Waals surface area contributed by atoms with Crippen molar-refractivity contribution >= 4 is 20.7 Å². The smallest absolute Gasteiger partial charge is 0.203 e. The first-order chi connectivity index (χ1) is 15.8. The molecule has 0 bridgehead atoms. The summed E-state index contributed by atoms with van der Waals surface area (Å²) >= 11 is 0. The summed E-state index contributed by atoms with van der Waals surface area (Å²) in [4.78, 5) is 6.95. The number of aromatic nitrogens is 7. The molecule has 168 valence electrons. The topological polar surface area (TPSA) is 122 Å². The van der Waals surface area contributed by atoms with Crippen LogP contribution < -0.4 is 0 Å². The Balaban J connectivity index is 1.61. The van der Waals surface area contributed by atoms with E-state index in [-0.39, 0.29) is 16.1 Å². The summed E-state index contributed by atoms with van der Waals surface area (Å²) < 4.78 is 71.7. The highest BCUT2D eigenvalue weighted by Gasteiger charge is 2.26. The second-order valence-electron chi connectivity index (χ2n) is 7.24. The Labute approximate surface area is 184 Å². The zero-order valence-electron chi connectivity index (χ0n) is 16.8. The molecule has 0 aliphatic carbocycles. The molecule has 13 heteroatoms. The van der Waals surface area contributed by atoms with E-state index in [4.69, 9.17) is 0 Å². The summed E-state index contributed by atoms with van der Waals surface area (Å²) in [7, 11) is -2.59. The number of sulfone groups is 1. The lowest BCUT2D eigenvalue weighted by Gasteiger charge is -2.11. The van der Waals surface area contributed by atoms with E-state index in [1.807, 2.05) is 0 Å². The van der Waals surface area contributed by atoms with Gasteiger partial charge in [0, 0.05) is 36.0 Å². The number of rotatable bonds is 5. The summed E-state index contributed by atoms with van der Waals surface area (Å²) in [6.07, 6.45) is 4.26. The van der Waals surface area contributed by atoms with E-state index in [0.717, 1.165) is 12.1 Å². The molecule has 0 amide bonds. The predicted octanol–water partition coefficient (Wildman–Crippen LogP) is 3.14. The maximum atomic E-state index is 15.3. The van der Waals surface area contributed by atoms with E-state index in [1.165, 1.54) is 36.3 Å². The van der Waals surface area contributed by atoms with Gasteiger partial charge in [-0.05, 0) is 12.1 Å². The monoisotopic (exact) mass is 473 g/mol. The van der Waals surface area contributed by atoms with Crippen LogP contribution in [-0.2, 0) is 22.6 Å². The lowest BCUT2D eigenvalue weighted by atomic mass is 9.99. The van der Waals surface area contributed by atoms with Crippen LogP contribution in [0.1, 0.15) is 5.56 Å². The van der Waals surface area contributed by atoms with Gasteiger partial charge in [-0.25, -0.2) is 26.6 Å². The fourth-order valence-corrected chi connectivity index (χ4v) is 4.78. The Morgan fingerprint density at radius 3 is 2.61 bits per heavy atom. The number of nitrogens with zero attached hydrogens (tertiary/aromatic N) is 5. The number of aryl methyl sites for hydroxylation is 1. The van der Waals surface area contributed by atoms with Gasteiger partial charge in [0.05, 0.1) is 17.5 Å². The van der Waals surface area contributed by atoms with Crippen LogP contribution >= 0.6 is 0 Å². The third-order valence-corrected chi connectivity index (χ3v) is 6.60. The van der Waals surface area contributed by atoms with E-state index in [0.29, 0.717) is 16.9 Å². The molecular weight excluding hydrogens is 459 g/mol. The van der Waals surface area contributed by atoms with E-state index >= 15 is 8.78 Å². The fraction of sp³-hybridized carbons (Fsp3) is 0.100. The second kappa shape index (κ2) is 7.55. The van der Waals surface area contributed by atoms with Gasteiger partial charge in [0.25, 0.3) is 0 Å². The number of hydrogen-bond donors (Lipinski definition) is 2. The van der Waals surface area contributed by atoms with Crippen LogP contribution in [-0.4, -0.2) is 43.6 Å². The molecule has 0 fully saturated rings. The number of benzene rings is 2. The van der Waals surface area contributed by atoms with Gasteiger partial charge in [-0.3, -0.25) is 9.78 Å². The summed E-state index contributed by atoms with van der Waals surface area (Å²) in [6.45, 7) is 0. The fourth-order valence-electron chi connectivity index (χ4n) is 3.52. The maximum Gasteiger partial charge on any atom is 0.203 e. The standard InChI is InChI=1S/C20H14F3N7O2S/c1-30-8-14(26-29-30)33(31,32)9-10-2-5-13(21)15(16(10)22)11-3-4-12-18(17(11)23)27-28-19(12)20-24-6-7-25-20/h2-8H,9H2,1H3,(H,24,25)(H,27,28). The molecular formula is C20H14F3N7O2S. The zero-order chi connectivity index (χ0) is 23.3. The highest BCUT2D eigenvalue weighted by molar-refractivity contribution is 7.90. The first kappa shape index (κ1) is 20.9. The van der Waals surface area contributed by atoms with Crippen molar-refractivity contribution in [2.75, 3.05) is 0 Å². The van der Waals surface area contributed by atoms with E-state index in [9.17, 15) is 12.8 Å². The minimum Gasteiger partial charge on any atom is -0.343 e. The molecule has 0 aliphatic heterocycles. The Morgan fingerprint density at radius 1 is 1.09 bits per heavy atom. The van der Waals surface area contributed by atoms with E-state index < -0.39 is 44.2 Å². The Kier molecular flexibility index (Phi) is 4.78. The van der Waals surface area contributed by atoms with E-state index in [1.54, 1.807) is 6.20 Å². The minimum atomic E-state index is -4.07. The van der Waals surface area contributed by atoms with Crippen LogP contribution in [0.25, 0.3) is 33.5 Å².